The van der Waals surface area contributed by atoms with Gasteiger partial charge < -0.3 is 4.74 Å². The van der Waals surface area contributed by atoms with E-state index in [0.717, 1.165) is 18.6 Å². The van der Waals surface area contributed by atoms with Gasteiger partial charge in [0.25, 0.3) is 0 Å². The molecule has 1 spiro atoms. The number of hydrogen-bond donors (Lipinski definition) is 1. The van der Waals surface area contributed by atoms with Crippen molar-refractivity contribution in [2.75, 3.05) is 0 Å². The maximum Gasteiger partial charge on any atom is 0.241 e. The highest BCUT2D eigenvalue weighted by atomic mass is 17.3. The highest BCUT2D eigenvalue weighted by Gasteiger charge is 2.43. The van der Waals surface area contributed by atoms with Crippen LogP contribution in [0, 0.1) is 0 Å². The van der Waals surface area contributed by atoms with Gasteiger partial charge in [-0.2, -0.15) is 9.78 Å². The minimum absolute atomic E-state index is 0.540. The number of hydrogen-bond acceptors (Lipinski definition) is 5. The average Bonchev–Trinajstić information content (AvgIpc) is 2.40. The summed E-state index contributed by atoms with van der Waals surface area (Å²) in [5.74, 6) is 0.106. The summed E-state index contributed by atoms with van der Waals surface area (Å²) in [7, 11) is 0. The molecular formula is C12H14O5. The van der Waals surface area contributed by atoms with Crippen LogP contribution in [0.15, 0.2) is 24.3 Å². The van der Waals surface area contributed by atoms with E-state index in [1.165, 1.54) is 5.56 Å². The molecular weight excluding hydrogens is 224 g/mol. The highest BCUT2D eigenvalue weighted by Crippen LogP contribution is 2.39. The summed E-state index contributed by atoms with van der Waals surface area (Å²) in [5.41, 5.74) is 1.18. The Balaban J connectivity index is 1.75. The lowest BCUT2D eigenvalue weighted by Gasteiger charge is -2.40. The molecule has 0 aliphatic carbocycles. The van der Waals surface area contributed by atoms with Gasteiger partial charge in [0.05, 0.1) is 0 Å². The van der Waals surface area contributed by atoms with Gasteiger partial charge in [-0.05, 0) is 18.1 Å². The number of aryl methyl sites for hydroxylation is 1. The Hall–Kier alpha value is -1.14. The van der Waals surface area contributed by atoms with E-state index < -0.39 is 12.1 Å². The Bertz CT molecular complexity index is 398. The predicted molar refractivity (Wildman–Crippen MR) is 57.0 cm³/mol. The molecule has 3 rings (SSSR count). The van der Waals surface area contributed by atoms with Gasteiger partial charge in [-0.25, -0.2) is 10.1 Å². The van der Waals surface area contributed by atoms with Gasteiger partial charge in [0.2, 0.25) is 12.1 Å². The number of benzene rings is 1. The summed E-state index contributed by atoms with van der Waals surface area (Å²) in [6, 6.07) is 7.90. The van der Waals surface area contributed by atoms with E-state index in [1.54, 1.807) is 0 Å². The third-order valence-electron chi connectivity index (χ3n) is 3.23. The molecule has 2 unspecified atom stereocenters. The number of rotatable bonds is 1. The molecule has 2 atom stereocenters. The van der Waals surface area contributed by atoms with Gasteiger partial charge in [-0.3, -0.25) is 0 Å². The van der Waals surface area contributed by atoms with Crippen molar-refractivity contribution in [2.45, 2.75) is 37.8 Å². The lowest BCUT2D eigenvalue weighted by atomic mass is 9.96. The van der Waals surface area contributed by atoms with Gasteiger partial charge in [-0.1, -0.05) is 18.2 Å². The van der Waals surface area contributed by atoms with Crippen molar-refractivity contribution in [1.29, 1.82) is 0 Å². The van der Waals surface area contributed by atoms with Gasteiger partial charge in [0, 0.05) is 19.3 Å². The second-order valence-electron chi connectivity index (χ2n) is 4.37. The molecule has 5 heteroatoms. The van der Waals surface area contributed by atoms with Crippen LogP contribution in [0.1, 0.15) is 24.8 Å². The summed E-state index contributed by atoms with van der Waals surface area (Å²) in [6.07, 6.45) is 2.08. The highest BCUT2D eigenvalue weighted by molar-refractivity contribution is 5.35. The predicted octanol–water partition coefficient (Wildman–Crippen LogP) is 2.27. The summed E-state index contributed by atoms with van der Waals surface area (Å²) < 4.78 is 5.87. The first-order valence-electron chi connectivity index (χ1n) is 5.73. The Labute approximate surface area is 98.7 Å². The van der Waals surface area contributed by atoms with E-state index in [1.807, 2.05) is 24.3 Å². The van der Waals surface area contributed by atoms with E-state index in [0.29, 0.717) is 12.8 Å². The third-order valence-corrected chi connectivity index (χ3v) is 3.23. The summed E-state index contributed by atoms with van der Waals surface area (Å²) >= 11 is 0. The normalized spacial score (nSPS) is 31.9. The molecule has 1 saturated heterocycles. The van der Waals surface area contributed by atoms with Gasteiger partial charge in [0.15, 0.2) is 0 Å². The SMILES string of the molecule is OOC1CCC2(CCc3ccccc3O2)OO1. The Morgan fingerprint density at radius 3 is 2.94 bits per heavy atom. The molecule has 0 bridgehead atoms. The lowest BCUT2D eigenvalue weighted by Crippen LogP contribution is -2.47. The molecule has 0 aromatic heterocycles. The first-order valence-corrected chi connectivity index (χ1v) is 5.73. The lowest BCUT2D eigenvalue weighted by molar-refractivity contribution is -0.522. The largest absolute Gasteiger partial charge is 0.459 e. The van der Waals surface area contributed by atoms with E-state index in [4.69, 9.17) is 19.8 Å². The van der Waals surface area contributed by atoms with Crippen molar-refractivity contribution >= 4 is 0 Å². The van der Waals surface area contributed by atoms with Crippen LogP contribution in [0.25, 0.3) is 0 Å². The van der Waals surface area contributed by atoms with E-state index in [2.05, 4.69) is 4.89 Å². The van der Waals surface area contributed by atoms with Crippen molar-refractivity contribution in [3.05, 3.63) is 29.8 Å². The van der Waals surface area contributed by atoms with Crippen molar-refractivity contribution in [3.8, 4) is 5.75 Å². The second-order valence-corrected chi connectivity index (χ2v) is 4.37. The van der Waals surface area contributed by atoms with E-state index >= 15 is 0 Å². The molecule has 92 valence electrons. The fraction of sp³-hybridized carbons (Fsp3) is 0.500. The van der Waals surface area contributed by atoms with Crippen molar-refractivity contribution in [1.82, 2.24) is 0 Å². The van der Waals surface area contributed by atoms with Crippen LogP contribution in [0.4, 0.5) is 0 Å². The van der Waals surface area contributed by atoms with Gasteiger partial charge in [0.1, 0.15) is 5.75 Å². The maximum atomic E-state index is 8.49. The molecule has 2 heterocycles. The molecule has 2 aliphatic heterocycles. The quantitative estimate of drug-likeness (QED) is 0.600. The molecule has 0 saturated carbocycles. The van der Waals surface area contributed by atoms with Crippen molar-refractivity contribution in [2.24, 2.45) is 0 Å². The molecule has 17 heavy (non-hydrogen) atoms. The molecule has 5 nitrogen and oxygen atoms in total. The van der Waals surface area contributed by atoms with E-state index in [-0.39, 0.29) is 0 Å². The van der Waals surface area contributed by atoms with Crippen LogP contribution >= 0.6 is 0 Å². The van der Waals surface area contributed by atoms with Gasteiger partial charge in [-0.15, -0.1) is 0 Å². The number of ether oxygens (including phenoxy) is 1. The zero-order valence-electron chi connectivity index (χ0n) is 9.30. The minimum Gasteiger partial charge on any atom is -0.459 e. The first-order chi connectivity index (χ1) is 8.31. The number of para-hydroxylation sites is 1. The summed E-state index contributed by atoms with van der Waals surface area (Å²) in [4.78, 5) is 14.3. The van der Waals surface area contributed by atoms with Crippen LogP contribution in [-0.2, 0) is 21.1 Å². The second kappa shape index (κ2) is 4.27. The monoisotopic (exact) mass is 238 g/mol. The van der Waals surface area contributed by atoms with Crippen LogP contribution in [0.2, 0.25) is 0 Å². The van der Waals surface area contributed by atoms with Gasteiger partial charge >= 0.3 is 0 Å². The minimum atomic E-state index is -0.733. The Kier molecular flexibility index (Phi) is 2.76. The maximum absolute atomic E-state index is 8.49. The van der Waals surface area contributed by atoms with Crippen molar-refractivity contribution < 1.29 is 24.7 Å². The average molecular weight is 238 g/mol. The topological polar surface area (TPSA) is 57.2 Å². The molecule has 1 N–H and O–H groups in total. The summed E-state index contributed by atoms with van der Waals surface area (Å²) in [5, 5.41) is 8.49. The fourth-order valence-corrected chi connectivity index (χ4v) is 2.26. The Morgan fingerprint density at radius 2 is 2.18 bits per heavy atom. The third kappa shape index (κ3) is 2.02. The van der Waals surface area contributed by atoms with Crippen LogP contribution in [-0.4, -0.2) is 17.3 Å². The first kappa shape index (κ1) is 11.0. The zero-order valence-corrected chi connectivity index (χ0v) is 9.30. The van der Waals surface area contributed by atoms with Crippen LogP contribution < -0.4 is 4.74 Å². The fourth-order valence-electron chi connectivity index (χ4n) is 2.26. The van der Waals surface area contributed by atoms with Crippen LogP contribution in [0.3, 0.4) is 0 Å². The smallest absolute Gasteiger partial charge is 0.241 e. The molecule has 1 aromatic carbocycles. The summed E-state index contributed by atoms with van der Waals surface area (Å²) in [6.45, 7) is 0. The molecule has 0 radical (unpaired) electrons. The molecule has 1 fully saturated rings. The van der Waals surface area contributed by atoms with Crippen molar-refractivity contribution in [3.63, 3.8) is 0 Å². The number of fused-ring (bicyclic) bond motifs is 1. The Morgan fingerprint density at radius 1 is 1.29 bits per heavy atom. The molecule has 1 aromatic rings. The standard InChI is InChI=1S/C12H14O5/c13-15-11-6-8-12(17-16-11)7-5-9-3-1-2-4-10(9)14-12/h1-4,11,13H,5-8H2. The zero-order chi connectivity index (χ0) is 11.7. The van der Waals surface area contributed by atoms with E-state index in [9.17, 15) is 0 Å². The molecule has 2 aliphatic rings. The van der Waals surface area contributed by atoms with Crippen LogP contribution in [0.5, 0.6) is 5.75 Å². The molecule has 0 amide bonds.